The van der Waals surface area contributed by atoms with E-state index in [-0.39, 0.29) is 11.8 Å². The monoisotopic (exact) mass is 429 g/mol. The molecule has 3 heterocycles. The number of carboxylic acid groups (broad SMARTS) is 1. The van der Waals surface area contributed by atoms with Crippen molar-refractivity contribution in [3.63, 3.8) is 0 Å². The lowest BCUT2D eigenvalue weighted by Crippen LogP contribution is -2.57. The minimum Gasteiger partial charge on any atom is -0.479 e. The number of likely N-dealkylation sites (tertiary alicyclic amines) is 1. The van der Waals surface area contributed by atoms with Crippen LogP contribution in [-0.4, -0.2) is 79.9 Å². The largest absolute Gasteiger partial charge is 0.479 e. The fourth-order valence-corrected chi connectivity index (χ4v) is 5.00. The van der Waals surface area contributed by atoms with Crippen LogP contribution in [-0.2, 0) is 14.3 Å². The molecule has 1 amide bonds. The Bertz CT molecular complexity index is 996. The molecule has 7 atom stereocenters. The molecule has 2 fully saturated rings. The topological polar surface area (TPSA) is 142 Å². The van der Waals surface area contributed by atoms with Gasteiger partial charge < -0.3 is 29.7 Å². The van der Waals surface area contributed by atoms with Crippen molar-refractivity contribution in [2.45, 2.75) is 49.8 Å². The van der Waals surface area contributed by atoms with Gasteiger partial charge in [0.05, 0.1) is 17.1 Å². The van der Waals surface area contributed by atoms with Crippen LogP contribution in [0.2, 0.25) is 0 Å². The summed E-state index contributed by atoms with van der Waals surface area (Å²) in [6.07, 6.45) is -2.36. The molecule has 10 heteroatoms. The Morgan fingerprint density at radius 1 is 1.06 bits per heavy atom. The molecule has 5 rings (SSSR count). The average molecular weight is 429 g/mol. The van der Waals surface area contributed by atoms with Crippen molar-refractivity contribution < 1.29 is 34.4 Å². The van der Waals surface area contributed by atoms with Gasteiger partial charge in [-0.3, -0.25) is 9.97 Å². The number of aliphatic hydroxyl groups is 2. The molecule has 2 saturated heterocycles. The normalized spacial score (nSPS) is 34.4. The molecule has 10 nitrogen and oxygen atoms in total. The molecule has 164 valence electrons. The zero-order chi connectivity index (χ0) is 21.9. The van der Waals surface area contributed by atoms with E-state index in [1.807, 2.05) is 12.1 Å². The molecule has 0 spiro atoms. The first-order chi connectivity index (χ1) is 14.8. The van der Waals surface area contributed by atoms with Crippen LogP contribution in [0.5, 0.6) is 0 Å². The number of ether oxygens (including phenoxy) is 2. The summed E-state index contributed by atoms with van der Waals surface area (Å²) in [6.45, 7) is 2.31. The third-order valence-electron chi connectivity index (χ3n) is 6.65. The van der Waals surface area contributed by atoms with Crippen LogP contribution in [0.1, 0.15) is 36.3 Å². The number of amides is 1. The number of carboxylic acids is 1. The minimum absolute atomic E-state index is 0.127. The number of aromatic nitrogens is 2. The molecule has 31 heavy (non-hydrogen) atoms. The van der Waals surface area contributed by atoms with Crippen molar-refractivity contribution in [2.75, 3.05) is 13.1 Å². The van der Waals surface area contributed by atoms with Crippen LogP contribution in [0.15, 0.2) is 24.5 Å². The Labute approximate surface area is 177 Å². The van der Waals surface area contributed by atoms with E-state index < -0.39 is 42.6 Å². The van der Waals surface area contributed by atoms with Crippen LogP contribution in [0.4, 0.5) is 4.79 Å². The maximum atomic E-state index is 12.8. The molecule has 3 N–H and O–H groups in total. The van der Waals surface area contributed by atoms with Crippen LogP contribution in [0.3, 0.4) is 0 Å². The highest BCUT2D eigenvalue weighted by molar-refractivity contribution is 5.78. The van der Waals surface area contributed by atoms with Crippen molar-refractivity contribution >= 4 is 23.1 Å². The quantitative estimate of drug-likeness (QED) is 0.632. The average Bonchev–Trinajstić information content (AvgIpc) is 3.01. The van der Waals surface area contributed by atoms with Crippen molar-refractivity contribution in [3.05, 3.63) is 35.7 Å². The maximum Gasteiger partial charge on any atom is 0.412 e. The SMILES string of the molecule is CC1C(C(=O)O)OC(OC(=O)N2CC3CC(C2)c2cc4nccnc4cc23)C(O)C1O. The molecule has 1 aliphatic carbocycles. The van der Waals surface area contributed by atoms with Gasteiger partial charge in [-0.1, -0.05) is 6.92 Å². The van der Waals surface area contributed by atoms with Gasteiger partial charge in [0.1, 0.15) is 6.10 Å². The van der Waals surface area contributed by atoms with Gasteiger partial charge in [-0.05, 0) is 29.7 Å². The molecule has 0 radical (unpaired) electrons. The smallest absolute Gasteiger partial charge is 0.412 e. The van der Waals surface area contributed by atoms with E-state index in [4.69, 9.17) is 9.47 Å². The lowest BCUT2D eigenvalue weighted by Gasteiger charge is -2.40. The zero-order valence-corrected chi connectivity index (χ0v) is 16.8. The van der Waals surface area contributed by atoms with E-state index >= 15 is 0 Å². The highest BCUT2D eigenvalue weighted by Crippen LogP contribution is 2.47. The van der Waals surface area contributed by atoms with Gasteiger partial charge in [-0.15, -0.1) is 0 Å². The van der Waals surface area contributed by atoms with Gasteiger partial charge in [0, 0.05) is 43.2 Å². The molecule has 1 aromatic carbocycles. The summed E-state index contributed by atoms with van der Waals surface area (Å²) < 4.78 is 10.6. The number of hydrogen-bond donors (Lipinski definition) is 3. The van der Waals surface area contributed by atoms with Gasteiger partial charge in [0.2, 0.25) is 6.29 Å². The Kier molecular flexibility index (Phi) is 4.80. The Balaban J connectivity index is 1.32. The fraction of sp³-hybridized carbons (Fsp3) is 0.524. The number of nitrogens with zero attached hydrogens (tertiary/aromatic N) is 3. The first kappa shape index (κ1) is 20.1. The second-order valence-electron chi connectivity index (χ2n) is 8.55. The van der Waals surface area contributed by atoms with E-state index in [2.05, 4.69) is 9.97 Å². The first-order valence-corrected chi connectivity index (χ1v) is 10.3. The summed E-state index contributed by atoms with van der Waals surface area (Å²) in [5.41, 5.74) is 3.92. The lowest BCUT2D eigenvalue weighted by molar-refractivity contribution is -0.266. The molecule has 3 aliphatic rings. The second kappa shape index (κ2) is 7.40. The number of benzene rings is 1. The number of carbonyl (C=O) groups is 2. The maximum absolute atomic E-state index is 12.8. The highest BCUT2D eigenvalue weighted by atomic mass is 16.7. The first-order valence-electron chi connectivity index (χ1n) is 10.3. The molecule has 0 saturated carbocycles. The summed E-state index contributed by atoms with van der Waals surface area (Å²) in [4.78, 5) is 34.5. The zero-order valence-electron chi connectivity index (χ0n) is 16.8. The molecule has 7 unspecified atom stereocenters. The summed E-state index contributed by atoms with van der Waals surface area (Å²) >= 11 is 0. The minimum atomic E-state index is -1.56. The lowest BCUT2D eigenvalue weighted by atomic mass is 9.91. The standard InChI is InChI=1S/C21H23N3O7/c1-9-16(25)17(26)20(30-18(9)19(27)28)31-21(29)24-7-10-4-11(8-24)13-6-15-14(5-12(10)13)22-2-3-23-15/h2-3,5-6,9-11,16-18,20,25-26H,4,7-8H2,1H3,(H,27,28). The van der Waals surface area contributed by atoms with Gasteiger partial charge in [0.25, 0.3) is 0 Å². The van der Waals surface area contributed by atoms with Crippen LogP contribution < -0.4 is 0 Å². The molecular formula is C21H23N3O7. The summed E-state index contributed by atoms with van der Waals surface area (Å²) in [5, 5.41) is 29.7. The summed E-state index contributed by atoms with van der Waals surface area (Å²) in [7, 11) is 0. The number of rotatable bonds is 2. The molecule has 2 aromatic rings. The predicted molar refractivity (Wildman–Crippen MR) is 105 cm³/mol. The van der Waals surface area contributed by atoms with E-state index in [1.165, 1.54) is 6.92 Å². The van der Waals surface area contributed by atoms with E-state index in [9.17, 15) is 24.9 Å². The van der Waals surface area contributed by atoms with Crippen molar-refractivity contribution in [3.8, 4) is 0 Å². The highest BCUT2D eigenvalue weighted by Gasteiger charge is 2.48. The summed E-state index contributed by atoms with van der Waals surface area (Å²) in [5.74, 6) is -1.89. The number of hydrogen-bond acceptors (Lipinski definition) is 8. The number of aliphatic hydroxyl groups excluding tert-OH is 2. The van der Waals surface area contributed by atoms with Crippen LogP contribution >= 0.6 is 0 Å². The fourth-order valence-electron chi connectivity index (χ4n) is 5.00. The summed E-state index contributed by atoms with van der Waals surface area (Å²) in [6, 6.07) is 4.06. The van der Waals surface area contributed by atoms with Crippen molar-refractivity contribution in [2.24, 2.45) is 5.92 Å². The molecule has 2 bridgehead atoms. The van der Waals surface area contributed by atoms with Crippen molar-refractivity contribution in [1.29, 1.82) is 0 Å². The molecule has 1 aromatic heterocycles. The Hall–Kier alpha value is -2.82. The molecule has 2 aliphatic heterocycles. The van der Waals surface area contributed by atoms with E-state index in [0.29, 0.717) is 13.1 Å². The van der Waals surface area contributed by atoms with Crippen LogP contribution in [0.25, 0.3) is 11.0 Å². The number of aliphatic carboxylic acids is 1. The predicted octanol–water partition coefficient (Wildman–Crippen LogP) is 0.820. The number of carbonyl (C=O) groups excluding carboxylic acids is 1. The number of fused-ring (bicyclic) bond motifs is 6. The van der Waals surface area contributed by atoms with Gasteiger partial charge in [-0.2, -0.15) is 0 Å². The van der Waals surface area contributed by atoms with Gasteiger partial charge in [-0.25, -0.2) is 9.59 Å². The third kappa shape index (κ3) is 3.31. The van der Waals surface area contributed by atoms with E-state index in [1.54, 1.807) is 17.3 Å². The van der Waals surface area contributed by atoms with Crippen molar-refractivity contribution in [1.82, 2.24) is 14.9 Å². The second-order valence-corrected chi connectivity index (χ2v) is 8.55. The van der Waals surface area contributed by atoms with E-state index in [0.717, 1.165) is 28.6 Å². The Morgan fingerprint density at radius 2 is 1.65 bits per heavy atom. The molecular weight excluding hydrogens is 406 g/mol. The third-order valence-corrected chi connectivity index (χ3v) is 6.65. The van der Waals surface area contributed by atoms with Gasteiger partial charge >= 0.3 is 12.1 Å². The van der Waals surface area contributed by atoms with Gasteiger partial charge in [0.15, 0.2) is 6.10 Å². The van der Waals surface area contributed by atoms with Crippen LogP contribution in [0, 0.1) is 5.92 Å². The Morgan fingerprint density at radius 3 is 2.19 bits per heavy atom. The number of piperidine rings is 1.